The van der Waals surface area contributed by atoms with Crippen molar-refractivity contribution in [1.82, 2.24) is 9.97 Å². The third-order valence-corrected chi connectivity index (χ3v) is 10.9. The summed E-state index contributed by atoms with van der Waals surface area (Å²) >= 11 is 0. The second-order valence-electron chi connectivity index (χ2n) is 14.1. The Kier molecular flexibility index (Phi) is 8.38. The Labute approximate surface area is 327 Å². The van der Waals surface area contributed by atoms with Crippen LogP contribution in [0.3, 0.4) is 0 Å². The van der Waals surface area contributed by atoms with Crippen LogP contribution in [0.25, 0.3) is 56.2 Å². The lowest BCUT2D eigenvalue weighted by molar-refractivity contribution is 0.434. The van der Waals surface area contributed by atoms with Crippen LogP contribution in [0.2, 0.25) is 0 Å². The molecule has 2 heterocycles. The zero-order valence-corrected chi connectivity index (χ0v) is 30.6. The lowest BCUT2D eigenvalue weighted by Gasteiger charge is -2.41. The molecule has 3 nitrogen and oxygen atoms in total. The molecule has 9 aromatic rings. The molecule has 8 aromatic carbocycles. The third kappa shape index (κ3) is 5.78. The molecule has 0 aliphatic carbocycles. The fraction of sp³-hybridized carbons (Fsp3) is 0.0189. The van der Waals surface area contributed by atoms with Gasteiger partial charge < -0.3 is 4.74 Å². The van der Waals surface area contributed by atoms with Crippen molar-refractivity contribution in [2.75, 3.05) is 0 Å². The smallest absolute Gasteiger partial charge is 0.160 e. The van der Waals surface area contributed by atoms with Gasteiger partial charge in [-0.2, -0.15) is 0 Å². The maximum Gasteiger partial charge on any atom is 0.160 e. The van der Waals surface area contributed by atoms with Crippen LogP contribution < -0.4 is 4.74 Å². The lowest BCUT2D eigenvalue weighted by atomic mass is 9.63. The molecule has 0 N–H and O–H groups in total. The molecule has 0 radical (unpaired) electrons. The van der Waals surface area contributed by atoms with Gasteiger partial charge in [-0.15, -0.1) is 0 Å². The first-order valence-corrected chi connectivity index (χ1v) is 19.0. The summed E-state index contributed by atoms with van der Waals surface area (Å²) in [5, 5.41) is 0. The van der Waals surface area contributed by atoms with Gasteiger partial charge in [0.25, 0.3) is 0 Å². The van der Waals surface area contributed by atoms with Crippen LogP contribution in [0.15, 0.2) is 218 Å². The first kappa shape index (κ1) is 33.2. The Hall–Kier alpha value is -7.36. The molecule has 0 spiro atoms. The minimum atomic E-state index is -0.619. The monoisotopic (exact) mass is 716 g/mol. The fourth-order valence-corrected chi connectivity index (χ4v) is 8.26. The summed E-state index contributed by atoms with van der Waals surface area (Å²) in [7, 11) is 0. The molecular formula is C53H36N2O. The Bertz CT molecular complexity index is 2770. The summed E-state index contributed by atoms with van der Waals surface area (Å²) in [5.41, 5.74) is 13.3. The highest BCUT2D eigenvalue weighted by Crippen LogP contribution is 2.55. The highest BCUT2D eigenvalue weighted by Gasteiger charge is 2.45. The van der Waals surface area contributed by atoms with E-state index in [4.69, 9.17) is 14.7 Å². The van der Waals surface area contributed by atoms with Gasteiger partial charge in [-0.05, 0) is 57.6 Å². The molecule has 10 rings (SSSR count). The van der Waals surface area contributed by atoms with Crippen molar-refractivity contribution in [3.05, 3.63) is 241 Å². The van der Waals surface area contributed by atoms with Gasteiger partial charge in [0.2, 0.25) is 0 Å². The molecule has 264 valence electrons. The minimum absolute atomic E-state index is 0.619. The van der Waals surface area contributed by atoms with Gasteiger partial charge in [0, 0.05) is 27.8 Å². The number of hydrogen-bond donors (Lipinski definition) is 0. The number of hydrogen-bond acceptors (Lipinski definition) is 3. The second-order valence-corrected chi connectivity index (χ2v) is 14.1. The van der Waals surface area contributed by atoms with Gasteiger partial charge in [0.15, 0.2) is 5.82 Å². The van der Waals surface area contributed by atoms with E-state index in [-0.39, 0.29) is 0 Å². The highest BCUT2D eigenvalue weighted by atomic mass is 16.5. The van der Waals surface area contributed by atoms with Gasteiger partial charge in [0.1, 0.15) is 11.5 Å². The van der Waals surface area contributed by atoms with Crippen molar-refractivity contribution in [3.63, 3.8) is 0 Å². The summed E-state index contributed by atoms with van der Waals surface area (Å²) in [4.78, 5) is 10.4. The van der Waals surface area contributed by atoms with Gasteiger partial charge in [-0.3, -0.25) is 0 Å². The average molecular weight is 717 g/mol. The molecule has 0 saturated carbocycles. The number of benzene rings is 8. The second kappa shape index (κ2) is 14.1. The van der Waals surface area contributed by atoms with E-state index in [9.17, 15) is 0 Å². The Balaban J connectivity index is 1.15. The SMILES string of the molecule is c1ccc(-c2ccc(-c3cc(-c4ccccc4-c4cccc(C5(c6ccccc6)c6ccccc6Oc6ccccc65)c4)nc(-c4ccccc4)n3)cc2)cc1. The fourth-order valence-electron chi connectivity index (χ4n) is 8.26. The van der Waals surface area contributed by atoms with Crippen LogP contribution in [-0.2, 0) is 5.41 Å². The van der Waals surface area contributed by atoms with Gasteiger partial charge in [-0.1, -0.05) is 194 Å². The van der Waals surface area contributed by atoms with Crippen molar-refractivity contribution in [2.24, 2.45) is 0 Å². The van der Waals surface area contributed by atoms with Crippen LogP contribution in [0.4, 0.5) is 0 Å². The van der Waals surface area contributed by atoms with Gasteiger partial charge in [-0.25, -0.2) is 9.97 Å². The van der Waals surface area contributed by atoms with Crippen LogP contribution in [-0.4, -0.2) is 9.97 Å². The zero-order valence-electron chi connectivity index (χ0n) is 30.6. The van der Waals surface area contributed by atoms with Gasteiger partial charge >= 0.3 is 0 Å². The largest absolute Gasteiger partial charge is 0.457 e. The summed E-state index contributed by atoms with van der Waals surface area (Å²) in [6, 6.07) is 76.8. The van der Waals surface area contributed by atoms with Crippen LogP contribution in [0.5, 0.6) is 11.5 Å². The van der Waals surface area contributed by atoms with Crippen molar-refractivity contribution in [2.45, 2.75) is 5.41 Å². The van der Waals surface area contributed by atoms with E-state index in [0.717, 1.165) is 67.4 Å². The molecule has 3 heteroatoms. The molecule has 1 aliphatic rings. The Morgan fingerprint density at radius 1 is 0.321 bits per heavy atom. The Morgan fingerprint density at radius 2 is 0.804 bits per heavy atom. The predicted octanol–water partition coefficient (Wildman–Crippen LogP) is 13.3. The summed E-state index contributed by atoms with van der Waals surface area (Å²) in [6.45, 7) is 0. The van der Waals surface area contributed by atoms with E-state index in [1.807, 2.05) is 36.4 Å². The van der Waals surface area contributed by atoms with Crippen LogP contribution in [0, 0.1) is 0 Å². The van der Waals surface area contributed by atoms with Crippen LogP contribution >= 0.6 is 0 Å². The van der Waals surface area contributed by atoms with E-state index in [2.05, 4.69) is 182 Å². The number of ether oxygens (including phenoxy) is 1. The first-order chi connectivity index (χ1) is 27.8. The summed E-state index contributed by atoms with van der Waals surface area (Å²) < 4.78 is 6.58. The summed E-state index contributed by atoms with van der Waals surface area (Å²) in [6.07, 6.45) is 0. The molecule has 0 amide bonds. The number of rotatable bonds is 7. The quantitative estimate of drug-likeness (QED) is 0.165. The summed E-state index contributed by atoms with van der Waals surface area (Å²) in [5.74, 6) is 2.41. The molecule has 1 aromatic heterocycles. The average Bonchev–Trinajstić information content (AvgIpc) is 3.29. The normalized spacial score (nSPS) is 12.6. The standard InChI is InChI=1S/C53H36N2O/c1-4-17-37(18-5-1)38-31-33-39(34-32-38)48-36-49(55-52(54-48)40-19-6-2-7-20-40)45-26-11-10-25-44(45)41-21-16-24-43(35-41)53(42-22-8-3-9-23-42)46-27-12-14-29-50(46)56-51-30-15-13-28-47(51)53/h1-36H. The van der Waals surface area contributed by atoms with Crippen molar-refractivity contribution < 1.29 is 4.74 Å². The molecule has 0 bridgehead atoms. The molecule has 56 heavy (non-hydrogen) atoms. The maximum atomic E-state index is 6.58. The highest BCUT2D eigenvalue weighted by molar-refractivity contribution is 5.85. The van der Waals surface area contributed by atoms with E-state index >= 15 is 0 Å². The Morgan fingerprint density at radius 3 is 1.48 bits per heavy atom. The lowest BCUT2D eigenvalue weighted by Crippen LogP contribution is -2.34. The van der Waals surface area contributed by atoms with E-state index in [1.54, 1.807) is 0 Å². The van der Waals surface area contributed by atoms with E-state index < -0.39 is 5.41 Å². The molecule has 0 fully saturated rings. The topological polar surface area (TPSA) is 35.0 Å². The van der Waals surface area contributed by atoms with Crippen molar-refractivity contribution in [3.8, 4) is 67.7 Å². The molecule has 1 aliphatic heterocycles. The zero-order chi connectivity index (χ0) is 37.3. The van der Waals surface area contributed by atoms with Crippen LogP contribution in [0.1, 0.15) is 22.3 Å². The molecular weight excluding hydrogens is 681 g/mol. The first-order valence-electron chi connectivity index (χ1n) is 19.0. The van der Waals surface area contributed by atoms with Crippen molar-refractivity contribution >= 4 is 0 Å². The third-order valence-electron chi connectivity index (χ3n) is 10.9. The number of aromatic nitrogens is 2. The maximum absolute atomic E-state index is 6.58. The number of para-hydroxylation sites is 2. The molecule has 0 atom stereocenters. The molecule has 0 unspecified atom stereocenters. The van der Waals surface area contributed by atoms with Gasteiger partial charge in [0.05, 0.1) is 16.8 Å². The predicted molar refractivity (Wildman–Crippen MR) is 228 cm³/mol. The molecule has 0 saturated heterocycles. The minimum Gasteiger partial charge on any atom is -0.457 e. The number of fused-ring (bicyclic) bond motifs is 2. The number of nitrogens with zero attached hydrogens (tertiary/aromatic N) is 2. The van der Waals surface area contributed by atoms with E-state index in [1.165, 1.54) is 16.7 Å². The van der Waals surface area contributed by atoms with Crippen molar-refractivity contribution in [1.29, 1.82) is 0 Å². The van der Waals surface area contributed by atoms with E-state index in [0.29, 0.717) is 5.82 Å².